The Balaban J connectivity index is 1.83. The van der Waals surface area contributed by atoms with Crippen molar-refractivity contribution in [1.82, 2.24) is 5.32 Å². The number of amides is 1. The number of benzene rings is 2. The first-order valence-corrected chi connectivity index (χ1v) is 11.7. The molecule has 0 bridgehead atoms. The molecular formula is C29H35NO3. The second-order valence-electron chi connectivity index (χ2n) is 10.1. The summed E-state index contributed by atoms with van der Waals surface area (Å²) in [4.78, 5) is 26.3. The number of carbonyl (C=O) groups is 2. The maximum Gasteiger partial charge on any atom is 0.332 e. The quantitative estimate of drug-likeness (QED) is 0.451. The molecule has 4 nitrogen and oxygen atoms in total. The van der Waals surface area contributed by atoms with Gasteiger partial charge in [-0.3, -0.25) is 4.79 Å². The predicted molar refractivity (Wildman–Crippen MR) is 132 cm³/mol. The molecule has 174 valence electrons. The fraction of sp³-hybridized carbons (Fsp3) is 0.448. The van der Waals surface area contributed by atoms with Gasteiger partial charge in [0.1, 0.15) is 11.6 Å². The van der Waals surface area contributed by atoms with Crippen LogP contribution in [-0.2, 0) is 14.9 Å². The standard InChI is InChI=1S/C29H35NO3/c1-6-19-29(5,30-26(31)22-13-9-7-10-14-22)27(32)33-25-20-21(2)17-18-24(25)28(3,4)23-15-11-8-12-16-23/h1,7-16,21,24-25H,17-20H2,2-5H3,(H,30,31)/t21-,24-,25-,29-/m1/s1. The number of terminal acetylenes is 1. The van der Waals surface area contributed by atoms with Crippen LogP contribution in [0.2, 0.25) is 0 Å². The van der Waals surface area contributed by atoms with Gasteiger partial charge in [-0.2, -0.15) is 0 Å². The molecule has 0 heterocycles. The van der Waals surface area contributed by atoms with Crippen molar-refractivity contribution >= 4 is 11.9 Å². The van der Waals surface area contributed by atoms with E-state index in [1.54, 1.807) is 31.2 Å². The van der Waals surface area contributed by atoms with Gasteiger partial charge in [0.2, 0.25) is 0 Å². The lowest BCUT2D eigenvalue weighted by Crippen LogP contribution is -2.55. The van der Waals surface area contributed by atoms with E-state index in [9.17, 15) is 9.59 Å². The Morgan fingerprint density at radius 1 is 1.03 bits per heavy atom. The van der Waals surface area contributed by atoms with Crippen LogP contribution in [0.25, 0.3) is 0 Å². The molecule has 0 saturated heterocycles. The van der Waals surface area contributed by atoms with Gasteiger partial charge in [-0.05, 0) is 48.8 Å². The van der Waals surface area contributed by atoms with E-state index in [4.69, 9.17) is 11.2 Å². The first kappa shape index (κ1) is 24.6. The normalized spacial score (nSPS) is 22.5. The first-order valence-electron chi connectivity index (χ1n) is 11.7. The third kappa shape index (κ3) is 5.66. The Morgan fingerprint density at radius 2 is 1.64 bits per heavy atom. The van der Waals surface area contributed by atoms with Crippen LogP contribution in [0.1, 0.15) is 69.3 Å². The Labute approximate surface area is 198 Å². The SMILES string of the molecule is C#CC[C@@](C)(NC(=O)c1ccccc1)C(=O)O[C@@H]1C[C@H](C)CC[C@H]1C(C)(C)c1ccccc1. The summed E-state index contributed by atoms with van der Waals surface area (Å²) in [6, 6.07) is 19.2. The minimum atomic E-state index is -1.30. The van der Waals surface area contributed by atoms with E-state index < -0.39 is 11.5 Å². The number of carbonyl (C=O) groups excluding carboxylic acids is 2. The summed E-state index contributed by atoms with van der Waals surface area (Å²) < 4.78 is 6.19. The zero-order chi connectivity index (χ0) is 24.1. The molecule has 0 spiro atoms. The lowest BCUT2D eigenvalue weighted by Gasteiger charge is -2.44. The minimum Gasteiger partial charge on any atom is -0.460 e. The van der Waals surface area contributed by atoms with Gasteiger partial charge in [0.25, 0.3) is 5.91 Å². The van der Waals surface area contributed by atoms with E-state index in [0.717, 1.165) is 19.3 Å². The Kier molecular flexibility index (Phi) is 7.64. The molecule has 1 fully saturated rings. The minimum absolute atomic E-state index is 0.0550. The number of hydrogen-bond acceptors (Lipinski definition) is 3. The molecule has 1 aliphatic rings. The molecule has 0 unspecified atom stereocenters. The van der Waals surface area contributed by atoms with E-state index in [1.807, 2.05) is 24.3 Å². The van der Waals surface area contributed by atoms with Crippen LogP contribution in [0.4, 0.5) is 0 Å². The van der Waals surface area contributed by atoms with Crippen molar-refractivity contribution in [2.75, 3.05) is 0 Å². The fourth-order valence-corrected chi connectivity index (χ4v) is 4.92. The molecule has 0 aliphatic heterocycles. The third-order valence-electron chi connectivity index (χ3n) is 7.09. The highest BCUT2D eigenvalue weighted by molar-refractivity contribution is 5.98. The van der Waals surface area contributed by atoms with Gasteiger partial charge in [0.05, 0.1) is 0 Å². The monoisotopic (exact) mass is 445 g/mol. The van der Waals surface area contributed by atoms with Crippen LogP contribution < -0.4 is 5.32 Å². The summed E-state index contributed by atoms with van der Waals surface area (Å²) in [7, 11) is 0. The number of rotatable bonds is 7. The predicted octanol–water partition coefficient (Wildman–Crippen LogP) is 5.52. The molecule has 1 N–H and O–H groups in total. The number of ether oxygens (including phenoxy) is 1. The van der Waals surface area contributed by atoms with Crippen molar-refractivity contribution in [3.05, 3.63) is 71.8 Å². The van der Waals surface area contributed by atoms with Gasteiger partial charge in [0.15, 0.2) is 0 Å². The zero-order valence-corrected chi connectivity index (χ0v) is 20.1. The summed E-state index contributed by atoms with van der Waals surface area (Å²) in [6.07, 6.45) is 8.26. The third-order valence-corrected chi connectivity index (χ3v) is 7.09. The first-order chi connectivity index (χ1) is 15.7. The van der Waals surface area contributed by atoms with E-state index >= 15 is 0 Å². The second kappa shape index (κ2) is 10.3. The molecule has 1 aliphatic carbocycles. The summed E-state index contributed by atoms with van der Waals surface area (Å²) >= 11 is 0. The van der Waals surface area contributed by atoms with Crippen molar-refractivity contribution in [1.29, 1.82) is 0 Å². The second-order valence-corrected chi connectivity index (χ2v) is 10.1. The van der Waals surface area contributed by atoms with Gasteiger partial charge in [-0.15, -0.1) is 12.3 Å². The van der Waals surface area contributed by atoms with Crippen LogP contribution in [0.15, 0.2) is 60.7 Å². The highest BCUT2D eigenvalue weighted by atomic mass is 16.5. The van der Waals surface area contributed by atoms with Crippen LogP contribution in [-0.4, -0.2) is 23.5 Å². The van der Waals surface area contributed by atoms with Crippen LogP contribution in [0, 0.1) is 24.2 Å². The topological polar surface area (TPSA) is 55.4 Å². The maximum atomic E-state index is 13.5. The van der Waals surface area contributed by atoms with Crippen LogP contribution in [0.5, 0.6) is 0 Å². The Bertz CT molecular complexity index is 993. The largest absolute Gasteiger partial charge is 0.460 e. The Morgan fingerprint density at radius 3 is 2.24 bits per heavy atom. The Hall–Kier alpha value is -3.06. The molecular weight excluding hydrogens is 410 g/mol. The van der Waals surface area contributed by atoms with Gasteiger partial charge >= 0.3 is 5.97 Å². The van der Waals surface area contributed by atoms with Crippen LogP contribution in [0.3, 0.4) is 0 Å². The molecule has 1 amide bonds. The average molecular weight is 446 g/mol. The smallest absolute Gasteiger partial charge is 0.332 e. The number of esters is 1. The fourth-order valence-electron chi connectivity index (χ4n) is 4.92. The summed E-state index contributed by atoms with van der Waals surface area (Å²) in [5, 5.41) is 2.84. The molecule has 3 rings (SSSR count). The molecule has 0 radical (unpaired) electrons. The van der Waals surface area contributed by atoms with Gasteiger partial charge < -0.3 is 10.1 Å². The molecule has 1 saturated carbocycles. The molecule has 33 heavy (non-hydrogen) atoms. The average Bonchev–Trinajstić information content (AvgIpc) is 2.80. The molecule has 2 aromatic carbocycles. The molecule has 2 aromatic rings. The summed E-state index contributed by atoms with van der Waals surface area (Å²) in [5.74, 6) is 2.35. The summed E-state index contributed by atoms with van der Waals surface area (Å²) in [5.41, 5.74) is 0.240. The maximum absolute atomic E-state index is 13.5. The van der Waals surface area contributed by atoms with Gasteiger partial charge in [-0.1, -0.05) is 75.7 Å². The summed E-state index contributed by atoms with van der Waals surface area (Å²) in [6.45, 7) is 8.30. The van der Waals surface area contributed by atoms with Crippen molar-refractivity contribution in [2.45, 2.75) is 70.4 Å². The highest BCUT2D eigenvalue weighted by Gasteiger charge is 2.45. The number of nitrogens with one attached hydrogen (secondary N) is 1. The van der Waals surface area contributed by atoms with Crippen LogP contribution >= 0.6 is 0 Å². The lowest BCUT2D eigenvalue weighted by atomic mass is 9.64. The lowest BCUT2D eigenvalue weighted by molar-refractivity contribution is -0.163. The molecule has 4 atom stereocenters. The van der Waals surface area contributed by atoms with Gasteiger partial charge in [0, 0.05) is 17.9 Å². The van der Waals surface area contributed by atoms with E-state index in [-0.39, 0.29) is 29.8 Å². The molecule has 0 aromatic heterocycles. The van der Waals surface area contributed by atoms with E-state index in [2.05, 4.69) is 44.1 Å². The molecule has 4 heteroatoms. The highest BCUT2D eigenvalue weighted by Crippen LogP contribution is 2.44. The van der Waals surface area contributed by atoms with Crippen molar-refractivity contribution < 1.29 is 14.3 Å². The van der Waals surface area contributed by atoms with Crippen molar-refractivity contribution in [2.24, 2.45) is 11.8 Å². The number of hydrogen-bond donors (Lipinski definition) is 1. The van der Waals surface area contributed by atoms with E-state index in [0.29, 0.717) is 11.5 Å². The van der Waals surface area contributed by atoms with E-state index in [1.165, 1.54) is 5.56 Å². The van der Waals surface area contributed by atoms with Gasteiger partial charge in [-0.25, -0.2) is 4.79 Å². The zero-order valence-electron chi connectivity index (χ0n) is 20.1. The van der Waals surface area contributed by atoms with Crippen molar-refractivity contribution in [3.8, 4) is 12.3 Å². The van der Waals surface area contributed by atoms with Crippen molar-refractivity contribution in [3.63, 3.8) is 0 Å².